The summed E-state index contributed by atoms with van der Waals surface area (Å²) >= 11 is 1.75. The molecule has 0 fully saturated rings. The van der Waals surface area contributed by atoms with Crippen LogP contribution in [0.25, 0.3) is 0 Å². The molecule has 2 atom stereocenters. The summed E-state index contributed by atoms with van der Waals surface area (Å²) in [4.78, 5) is 18.6. The number of fused-ring (bicyclic) bond motifs is 1. The van der Waals surface area contributed by atoms with Gasteiger partial charge in [0.2, 0.25) is 5.91 Å². The Bertz CT molecular complexity index is 910. The maximum absolute atomic E-state index is 13.4. The van der Waals surface area contributed by atoms with Crippen LogP contribution in [0, 0.1) is 6.92 Å². The van der Waals surface area contributed by atoms with Crippen LogP contribution in [0.3, 0.4) is 0 Å². The topological polar surface area (TPSA) is 53.0 Å². The average Bonchev–Trinajstić information content (AvgIpc) is 3.25. The highest BCUT2D eigenvalue weighted by Crippen LogP contribution is 2.34. The van der Waals surface area contributed by atoms with E-state index < -0.39 is 6.10 Å². The van der Waals surface area contributed by atoms with Crippen LogP contribution in [-0.2, 0) is 11.2 Å². The summed E-state index contributed by atoms with van der Waals surface area (Å²) in [6, 6.07) is 9.99. The number of carbonyl (C=O) groups excluding carboxylic acids is 1. The number of thiophene rings is 1. The van der Waals surface area contributed by atoms with Gasteiger partial charge in [-0.3, -0.25) is 9.69 Å². The predicted octanol–water partition coefficient (Wildman–Crippen LogP) is 4.38. The maximum atomic E-state index is 13.4. The normalized spacial score (nSPS) is 16.5. The standard InChI is InChI=1S/C26H34N2O3S/c1-4-6-9-21(29)17-27(13-5-2)18-26(30)28-14-11-25-23(12-15-32-25)24(28)19-31-22-10-7-8-20(3)16-22/h4-5,7-8,10,12,15-16,21,24,29H,1-2,6,9,11,13-14,17-19H2,3H3/t21-,24-/m1/s1. The van der Waals surface area contributed by atoms with Crippen LogP contribution in [0.5, 0.6) is 5.75 Å². The van der Waals surface area contributed by atoms with Crippen LogP contribution in [-0.4, -0.2) is 59.7 Å². The summed E-state index contributed by atoms with van der Waals surface area (Å²) < 4.78 is 6.13. The number of carbonyl (C=O) groups is 1. The van der Waals surface area contributed by atoms with Crippen molar-refractivity contribution in [2.45, 2.75) is 38.3 Å². The molecule has 172 valence electrons. The molecule has 0 saturated heterocycles. The maximum Gasteiger partial charge on any atom is 0.237 e. The van der Waals surface area contributed by atoms with E-state index in [1.165, 1.54) is 10.4 Å². The highest BCUT2D eigenvalue weighted by Gasteiger charge is 2.33. The molecule has 1 aliphatic rings. The number of nitrogens with zero attached hydrogens (tertiary/aromatic N) is 2. The first-order chi connectivity index (χ1) is 15.5. The second kappa shape index (κ2) is 12.0. The lowest BCUT2D eigenvalue weighted by molar-refractivity contribution is -0.136. The van der Waals surface area contributed by atoms with Crippen molar-refractivity contribution in [1.29, 1.82) is 0 Å². The van der Waals surface area contributed by atoms with Crippen LogP contribution < -0.4 is 4.74 Å². The van der Waals surface area contributed by atoms with Crippen LogP contribution >= 0.6 is 11.3 Å². The zero-order valence-electron chi connectivity index (χ0n) is 18.9. The van der Waals surface area contributed by atoms with Crippen molar-refractivity contribution in [3.63, 3.8) is 0 Å². The molecule has 0 unspecified atom stereocenters. The molecule has 2 heterocycles. The molecule has 0 spiro atoms. The van der Waals surface area contributed by atoms with Crippen molar-refractivity contribution >= 4 is 17.2 Å². The molecule has 32 heavy (non-hydrogen) atoms. The Balaban J connectivity index is 1.70. The number of hydrogen-bond acceptors (Lipinski definition) is 5. The molecule has 2 aromatic rings. The summed E-state index contributed by atoms with van der Waals surface area (Å²) in [6.45, 7) is 11.9. The van der Waals surface area contributed by atoms with Gasteiger partial charge in [0.25, 0.3) is 0 Å². The number of rotatable bonds is 12. The van der Waals surface area contributed by atoms with Gasteiger partial charge in [0.05, 0.1) is 18.7 Å². The Morgan fingerprint density at radius 1 is 1.38 bits per heavy atom. The molecule has 0 bridgehead atoms. The lowest BCUT2D eigenvalue weighted by Gasteiger charge is -2.37. The van der Waals surface area contributed by atoms with Gasteiger partial charge < -0.3 is 14.7 Å². The molecule has 0 aliphatic carbocycles. The summed E-state index contributed by atoms with van der Waals surface area (Å²) in [5, 5.41) is 12.4. The lowest BCUT2D eigenvalue weighted by Crippen LogP contribution is -2.47. The third-order valence-electron chi connectivity index (χ3n) is 5.73. The Morgan fingerprint density at radius 3 is 2.97 bits per heavy atom. The van der Waals surface area contributed by atoms with Crippen LogP contribution in [0.15, 0.2) is 61.0 Å². The molecular formula is C26H34N2O3S. The molecular weight excluding hydrogens is 420 g/mol. The smallest absolute Gasteiger partial charge is 0.237 e. The van der Waals surface area contributed by atoms with E-state index in [0.717, 1.165) is 24.2 Å². The molecule has 1 amide bonds. The molecule has 1 aromatic heterocycles. The van der Waals surface area contributed by atoms with Crippen LogP contribution in [0.1, 0.15) is 34.9 Å². The second-order valence-electron chi connectivity index (χ2n) is 8.28. The first-order valence-electron chi connectivity index (χ1n) is 11.2. The fourth-order valence-electron chi connectivity index (χ4n) is 4.12. The Hall–Kier alpha value is -2.41. The summed E-state index contributed by atoms with van der Waals surface area (Å²) in [5.74, 6) is 0.871. The second-order valence-corrected chi connectivity index (χ2v) is 9.28. The van der Waals surface area contributed by atoms with Crippen molar-refractivity contribution in [2.24, 2.45) is 0 Å². The SMILES string of the molecule is C=CCC[C@@H](O)CN(CC=C)CC(=O)N1CCc2sccc2[C@H]1COc1cccc(C)c1. The van der Waals surface area contributed by atoms with Gasteiger partial charge in [0, 0.05) is 24.5 Å². The van der Waals surface area contributed by atoms with E-state index in [4.69, 9.17) is 4.74 Å². The number of aryl methyl sites for hydroxylation is 1. The molecule has 3 rings (SSSR count). The highest BCUT2D eigenvalue weighted by molar-refractivity contribution is 7.10. The molecule has 1 N–H and O–H groups in total. The first kappa shape index (κ1) is 24.2. The van der Waals surface area contributed by atoms with Crippen molar-refractivity contribution in [1.82, 2.24) is 9.80 Å². The van der Waals surface area contributed by atoms with Gasteiger partial charge in [-0.2, -0.15) is 0 Å². The number of aliphatic hydroxyl groups excluding tert-OH is 1. The average molecular weight is 455 g/mol. The third-order valence-corrected chi connectivity index (χ3v) is 6.73. The fourth-order valence-corrected chi connectivity index (χ4v) is 5.05. The van der Waals surface area contributed by atoms with E-state index >= 15 is 0 Å². The zero-order chi connectivity index (χ0) is 22.9. The summed E-state index contributed by atoms with van der Waals surface area (Å²) in [7, 11) is 0. The van der Waals surface area contributed by atoms with Crippen LogP contribution in [0.2, 0.25) is 0 Å². The largest absolute Gasteiger partial charge is 0.491 e. The number of amides is 1. The number of benzene rings is 1. The van der Waals surface area contributed by atoms with Gasteiger partial charge in [0.15, 0.2) is 0 Å². The fraction of sp³-hybridized carbons (Fsp3) is 0.423. The summed E-state index contributed by atoms with van der Waals surface area (Å²) in [5.41, 5.74) is 2.33. The van der Waals surface area contributed by atoms with Crippen molar-refractivity contribution in [3.05, 3.63) is 77.0 Å². The quantitative estimate of drug-likeness (QED) is 0.484. The Labute approximate surface area is 195 Å². The number of aliphatic hydroxyl groups is 1. The monoisotopic (exact) mass is 454 g/mol. The van der Waals surface area contributed by atoms with E-state index in [-0.39, 0.29) is 18.5 Å². The van der Waals surface area contributed by atoms with Crippen molar-refractivity contribution in [2.75, 3.05) is 32.8 Å². The molecule has 0 saturated carbocycles. The number of allylic oxidation sites excluding steroid dienone is 1. The van der Waals surface area contributed by atoms with Gasteiger partial charge in [-0.1, -0.05) is 24.3 Å². The first-order valence-corrected chi connectivity index (χ1v) is 12.1. The van der Waals surface area contributed by atoms with E-state index in [1.54, 1.807) is 23.5 Å². The van der Waals surface area contributed by atoms with Gasteiger partial charge in [-0.25, -0.2) is 0 Å². The number of ether oxygens (including phenoxy) is 1. The third kappa shape index (κ3) is 6.55. The summed E-state index contributed by atoms with van der Waals surface area (Å²) in [6.07, 6.45) is 5.34. The highest BCUT2D eigenvalue weighted by atomic mass is 32.1. The van der Waals surface area contributed by atoms with E-state index in [1.807, 2.05) is 41.0 Å². The predicted molar refractivity (Wildman–Crippen MR) is 131 cm³/mol. The zero-order valence-corrected chi connectivity index (χ0v) is 19.7. The minimum absolute atomic E-state index is 0.0532. The molecule has 0 radical (unpaired) electrons. The van der Waals surface area contributed by atoms with E-state index in [9.17, 15) is 9.90 Å². The Morgan fingerprint density at radius 2 is 2.22 bits per heavy atom. The van der Waals surface area contributed by atoms with Crippen molar-refractivity contribution in [3.8, 4) is 5.75 Å². The van der Waals surface area contributed by atoms with E-state index in [0.29, 0.717) is 32.7 Å². The van der Waals surface area contributed by atoms with E-state index in [2.05, 4.69) is 24.6 Å². The van der Waals surface area contributed by atoms with Gasteiger partial charge >= 0.3 is 0 Å². The Kier molecular flexibility index (Phi) is 9.09. The number of hydrogen-bond donors (Lipinski definition) is 1. The minimum atomic E-state index is -0.494. The van der Waals surface area contributed by atoms with Gasteiger partial charge in [-0.15, -0.1) is 24.5 Å². The molecule has 1 aliphatic heterocycles. The van der Waals surface area contributed by atoms with Gasteiger partial charge in [0.1, 0.15) is 12.4 Å². The van der Waals surface area contributed by atoms with Crippen molar-refractivity contribution < 1.29 is 14.6 Å². The molecule has 1 aromatic carbocycles. The molecule has 5 nitrogen and oxygen atoms in total. The van der Waals surface area contributed by atoms with Crippen LogP contribution in [0.4, 0.5) is 0 Å². The minimum Gasteiger partial charge on any atom is -0.491 e. The molecule has 6 heteroatoms. The lowest BCUT2D eigenvalue weighted by atomic mass is 10.0. The van der Waals surface area contributed by atoms with Gasteiger partial charge in [-0.05, 0) is 60.9 Å².